The van der Waals surface area contributed by atoms with Crippen LogP contribution in [0.3, 0.4) is 0 Å². The second-order valence-electron chi connectivity index (χ2n) is 4.41. The summed E-state index contributed by atoms with van der Waals surface area (Å²) in [5.74, 6) is 0.147. The third-order valence-electron chi connectivity index (χ3n) is 2.82. The molecule has 0 heterocycles. The van der Waals surface area contributed by atoms with Gasteiger partial charge in [0.2, 0.25) is 0 Å². The Hall–Kier alpha value is -2.62. The Morgan fingerprint density at radius 2 is 1.65 bits per heavy atom. The number of hydrogen-bond donors (Lipinski definition) is 2. The lowest BCUT2D eigenvalue weighted by Crippen LogP contribution is -2.24. The number of para-hydroxylation sites is 1. The van der Waals surface area contributed by atoms with Crippen molar-refractivity contribution in [1.29, 1.82) is 0 Å². The third-order valence-corrected chi connectivity index (χ3v) is 2.82. The largest absolute Gasteiger partial charge is 0.339 e. The van der Waals surface area contributed by atoms with E-state index in [2.05, 4.69) is 15.8 Å². The van der Waals surface area contributed by atoms with Crippen LogP contribution >= 0.6 is 0 Å². The molecule has 102 valence electrons. The van der Waals surface area contributed by atoms with E-state index in [1.54, 1.807) is 6.21 Å². The number of anilines is 1. The smallest absolute Gasteiger partial charge is 0.307 e. The highest BCUT2D eigenvalue weighted by molar-refractivity contribution is 5.89. The predicted octanol–water partition coefficient (Wildman–Crippen LogP) is 3.60. The van der Waals surface area contributed by atoms with Gasteiger partial charge in [-0.25, -0.2) is 10.2 Å². The second kappa shape index (κ2) is 7.09. The first kappa shape index (κ1) is 13.8. The van der Waals surface area contributed by atoms with Crippen molar-refractivity contribution in [1.82, 2.24) is 5.43 Å². The maximum absolute atomic E-state index is 11.6. The zero-order valence-corrected chi connectivity index (χ0v) is 11.3. The molecule has 0 radical (unpaired) electrons. The molecule has 0 aliphatic rings. The molecule has 1 atom stereocenters. The fraction of sp³-hybridized carbons (Fsp3) is 0.125. The van der Waals surface area contributed by atoms with Gasteiger partial charge in [0, 0.05) is 17.8 Å². The molecule has 2 aromatic rings. The Bertz CT molecular complexity index is 567. The predicted molar refractivity (Wildman–Crippen MR) is 81.9 cm³/mol. The van der Waals surface area contributed by atoms with Gasteiger partial charge < -0.3 is 5.32 Å². The normalized spacial score (nSPS) is 12.1. The minimum atomic E-state index is -0.354. The highest BCUT2D eigenvalue weighted by Gasteiger charge is 2.02. The first-order valence-electron chi connectivity index (χ1n) is 6.46. The van der Waals surface area contributed by atoms with Crippen molar-refractivity contribution < 1.29 is 4.79 Å². The van der Waals surface area contributed by atoms with Crippen molar-refractivity contribution in [2.24, 2.45) is 5.10 Å². The molecule has 0 aromatic heterocycles. The number of urea groups is 1. The topological polar surface area (TPSA) is 53.5 Å². The number of rotatable bonds is 4. The Labute approximate surface area is 118 Å². The SMILES string of the molecule is C[C@H](/C=N\NC(=O)Nc1ccccc1)c1ccccc1. The van der Waals surface area contributed by atoms with Crippen LogP contribution in [0, 0.1) is 0 Å². The second-order valence-corrected chi connectivity index (χ2v) is 4.41. The molecule has 0 bridgehead atoms. The van der Waals surface area contributed by atoms with Crippen LogP contribution in [0.5, 0.6) is 0 Å². The van der Waals surface area contributed by atoms with Crippen molar-refractivity contribution >= 4 is 17.9 Å². The molecule has 0 fully saturated rings. The third kappa shape index (κ3) is 4.24. The lowest BCUT2D eigenvalue weighted by molar-refractivity contribution is 0.252. The number of benzene rings is 2. The molecule has 20 heavy (non-hydrogen) atoms. The number of carbonyl (C=O) groups is 1. The van der Waals surface area contributed by atoms with Gasteiger partial charge in [0.05, 0.1) is 0 Å². The minimum Gasteiger partial charge on any atom is -0.307 e. The maximum atomic E-state index is 11.6. The van der Waals surface area contributed by atoms with Crippen molar-refractivity contribution in [2.75, 3.05) is 5.32 Å². The van der Waals surface area contributed by atoms with Crippen molar-refractivity contribution in [3.8, 4) is 0 Å². The molecule has 2 N–H and O–H groups in total. The van der Waals surface area contributed by atoms with Gasteiger partial charge in [-0.05, 0) is 17.7 Å². The van der Waals surface area contributed by atoms with Gasteiger partial charge in [-0.3, -0.25) is 0 Å². The van der Waals surface area contributed by atoms with Gasteiger partial charge in [0.25, 0.3) is 0 Å². The van der Waals surface area contributed by atoms with Gasteiger partial charge in [0.1, 0.15) is 0 Å². The summed E-state index contributed by atoms with van der Waals surface area (Å²) in [6.07, 6.45) is 1.71. The zero-order valence-electron chi connectivity index (χ0n) is 11.3. The molecule has 4 heteroatoms. The molecule has 2 amide bonds. The van der Waals surface area contributed by atoms with Crippen LogP contribution in [-0.2, 0) is 0 Å². The number of hydrogen-bond acceptors (Lipinski definition) is 2. The standard InChI is InChI=1S/C16H17N3O/c1-13(14-8-4-2-5-9-14)12-17-19-16(20)18-15-10-6-3-7-11-15/h2-13H,1H3,(H2,18,19,20)/b17-12-/t13-/m1/s1. The summed E-state index contributed by atoms with van der Waals surface area (Å²) < 4.78 is 0. The Kier molecular flexibility index (Phi) is 4.89. The van der Waals surface area contributed by atoms with Crippen molar-refractivity contribution in [2.45, 2.75) is 12.8 Å². The van der Waals surface area contributed by atoms with E-state index in [1.807, 2.05) is 67.6 Å². The van der Waals surface area contributed by atoms with Crippen LogP contribution in [0.15, 0.2) is 65.8 Å². The summed E-state index contributed by atoms with van der Waals surface area (Å²) in [5, 5.41) is 6.65. The Morgan fingerprint density at radius 3 is 2.30 bits per heavy atom. The van der Waals surface area contributed by atoms with Crippen LogP contribution in [0.4, 0.5) is 10.5 Å². The highest BCUT2D eigenvalue weighted by atomic mass is 16.2. The average molecular weight is 267 g/mol. The fourth-order valence-electron chi connectivity index (χ4n) is 1.73. The van der Waals surface area contributed by atoms with Gasteiger partial charge in [-0.1, -0.05) is 55.5 Å². The summed E-state index contributed by atoms with van der Waals surface area (Å²) in [6.45, 7) is 2.02. The first-order valence-corrected chi connectivity index (χ1v) is 6.46. The Morgan fingerprint density at radius 1 is 1.05 bits per heavy atom. The molecule has 0 saturated heterocycles. The number of nitrogens with zero attached hydrogens (tertiary/aromatic N) is 1. The summed E-state index contributed by atoms with van der Waals surface area (Å²) in [7, 11) is 0. The molecule has 0 spiro atoms. The number of amides is 2. The van der Waals surface area contributed by atoms with E-state index >= 15 is 0 Å². The highest BCUT2D eigenvalue weighted by Crippen LogP contribution is 2.11. The molecule has 4 nitrogen and oxygen atoms in total. The number of hydrazone groups is 1. The van der Waals surface area contributed by atoms with Crippen LogP contribution in [0.2, 0.25) is 0 Å². The van der Waals surface area contributed by atoms with E-state index in [0.29, 0.717) is 0 Å². The average Bonchev–Trinajstić information content (AvgIpc) is 2.49. The van der Waals surface area contributed by atoms with Gasteiger partial charge in [-0.2, -0.15) is 5.10 Å². The lowest BCUT2D eigenvalue weighted by atomic mass is 10.0. The quantitative estimate of drug-likeness (QED) is 0.645. The zero-order chi connectivity index (χ0) is 14.2. The Balaban J connectivity index is 1.83. The van der Waals surface area contributed by atoms with Crippen LogP contribution in [-0.4, -0.2) is 12.2 Å². The molecule has 2 rings (SSSR count). The molecular weight excluding hydrogens is 250 g/mol. The van der Waals surface area contributed by atoms with Crippen LogP contribution < -0.4 is 10.7 Å². The summed E-state index contributed by atoms with van der Waals surface area (Å²) >= 11 is 0. The summed E-state index contributed by atoms with van der Waals surface area (Å²) in [4.78, 5) is 11.6. The van der Waals surface area contributed by atoms with E-state index in [9.17, 15) is 4.79 Å². The lowest BCUT2D eigenvalue weighted by Gasteiger charge is -2.06. The van der Waals surface area contributed by atoms with E-state index in [1.165, 1.54) is 0 Å². The van der Waals surface area contributed by atoms with Crippen LogP contribution in [0.25, 0.3) is 0 Å². The van der Waals surface area contributed by atoms with E-state index in [-0.39, 0.29) is 11.9 Å². The first-order chi connectivity index (χ1) is 9.75. The minimum absolute atomic E-state index is 0.147. The molecule has 0 aliphatic carbocycles. The molecule has 0 aliphatic heterocycles. The number of carbonyl (C=O) groups excluding carboxylic acids is 1. The van der Waals surface area contributed by atoms with Gasteiger partial charge >= 0.3 is 6.03 Å². The molecular formula is C16H17N3O. The van der Waals surface area contributed by atoms with Crippen LogP contribution in [0.1, 0.15) is 18.4 Å². The summed E-state index contributed by atoms with van der Waals surface area (Å²) in [5.41, 5.74) is 4.34. The van der Waals surface area contributed by atoms with E-state index in [0.717, 1.165) is 11.3 Å². The van der Waals surface area contributed by atoms with Crippen molar-refractivity contribution in [3.05, 3.63) is 66.2 Å². The van der Waals surface area contributed by atoms with E-state index in [4.69, 9.17) is 0 Å². The molecule has 0 unspecified atom stereocenters. The van der Waals surface area contributed by atoms with E-state index < -0.39 is 0 Å². The summed E-state index contributed by atoms with van der Waals surface area (Å²) in [6, 6.07) is 18.9. The number of nitrogens with one attached hydrogen (secondary N) is 2. The molecule has 0 saturated carbocycles. The van der Waals surface area contributed by atoms with Gasteiger partial charge in [-0.15, -0.1) is 0 Å². The van der Waals surface area contributed by atoms with Crippen molar-refractivity contribution in [3.63, 3.8) is 0 Å². The van der Waals surface area contributed by atoms with Gasteiger partial charge in [0.15, 0.2) is 0 Å². The monoisotopic (exact) mass is 267 g/mol. The molecule has 2 aromatic carbocycles. The fourth-order valence-corrected chi connectivity index (χ4v) is 1.73. The maximum Gasteiger partial charge on any atom is 0.339 e.